The van der Waals surface area contributed by atoms with Gasteiger partial charge in [0.15, 0.2) is 0 Å². The van der Waals surface area contributed by atoms with E-state index in [1.165, 1.54) is 10.4 Å². The molecule has 19 heavy (non-hydrogen) atoms. The Bertz CT molecular complexity index is 548. The van der Waals surface area contributed by atoms with Crippen LogP contribution in [0.5, 0.6) is 0 Å². The van der Waals surface area contributed by atoms with Gasteiger partial charge in [-0.1, -0.05) is 35.0 Å². The van der Waals surface area contributed by atoms with Crippen LogP contribution < -0.4 is 5.32 Å². The van der Waals surface area contributed by atoms with E-state index in [4.69, 9.17) is 0 Å². The van der Waals surface area contributed by atoms with E-state index in [2.05, 4.69) is 28.2 Å². The molecule has 1 aromatic carbocycles. The first-order chi connectivity index (χ1) is 9.22. The Hall–Kier alpha value is -1.13. The fourth-order valence-electron chi connectivity index (χ4n) is 1.75. The van der Waals surface area contributed by atoms with E-state index in [1.807, 2.05) is 36.4 Å². The summed E-state index contributed by atoms with van der Waals surface area (Å²) < 4.78 is 0. The van der Waals surface area contributed by atoms with Gasteiger partial charge in [0, 0.05) is 15.9 Å². The summed E-state index contributed by atoms with van der Waals surface area (Å²) in [6.45, 7) is 2.09. The van der Waals surface area contributed by atoms with Crippen molar-refractivity contribution < 1.29 is 4.79 Å². The molecule has 0 unspecified atom stereocenters. The molecule has 0 atom stereocenters. The summed E-state index contributed by atoms with van der Waals surface area (Å²) in [5, 5.41) is 3.88. The van der Waals surface area contributed by atoms with Gasteiger partial charge >= 0.3 is 0 Å². The van der Waals surface area contributed by atoms with E-state index in [1.54, 1.807) is 11.3 Å². The van der Waals surface area contributed by atoms with Crippen molar-refractivity contribution in [3.05, 3.63) is 51.7 Å². The lowest BCUT2D eigenvalue weighted by Gasteiger charge is -2.04. The standard InChI is InChI=1S/C15H16BrNOS/c1-2-13-7-8-14(19-13)15(18)17-12-5-3-11(4-6-12)9-10-16/h3-8H,2,9-10H2,1H3,(H,17,18). The third kappa shape index (κ3) is 3.91. The van der Waals surface area contributed by atoms with Gasteiger partial charge in [0.25, 0.3) is 5.91 Å². The highest BCUT2D eigenvalue weighted by Gasteiger charge is 2.08. The first-order valence-electron chi connectivity index (χ1n) is 6.28. The summed E-state index contributed by atoms with van der Waals surface area (Å²) in [4.78, 5) is 14.0. The highest BCUT2D eigenvalue weighted by Crippen LogP contribution is 2.19. The van der Waals surface area contributed by atoms with Gasteiger partial charge in [-0.3, -0.25) is 4.79 Å². The average molecular weight is 338 g/mol. The number of hydrogen-bond donors (Lipinski definition) is 1. The highest BCUT2D eigenvalue weighted by atomic mass is 79.9. The third-order valence-corrected chi connectivity index (χ3v) is 4.45. The van der Waals surface area contributed by atoms with Crippen LogP contribution >= 0.6 is 27.3 Å². The van der Waals surface area contributed by atoms with Gasteiger partial charge in [-0.15, -0.1) is 11.3 Å². The van der Waals surface area contributed by atoms with Crippen molar-refractivity contribution >= 4 is 38.9 Å². The van der Waals surface area contributed by atoms with E-state index >= 15 is 0 Å². The second-order valence-electron chi connectivity index (χ2n) is 4.21. The number of aryl methyl sites for hydroxylation is 2. The number of rotatable bonds is 5. The van der Waals surface area contributed by atoms with Gasteiger partial charge in [-0.05, 0) is 42.7 Å². The molecule has 0 radical (unpaired) electrons. The van der Waals surface area contributed by atoms with Crippen molar-refractivity contribution in [2.45, 2.75) is 19.8 Å². The van der Waals surface area contributed by atoms with Crippen molar-refractivity contribution in [1.29, 1.82) is 0 Å². The summed E-state index contributed by atoms with van der Waals surface area (Å²) in [6, 6.07) is 11.9. The van der Waals surface area contributed by atoms with E-state index < -0.39 is 0 Å². The van der Waals surface area contributed by atoms with Crippen LogP contribution in [-0.4, -0.2) is 11.2 Å². The number of hydrogen-bond acceptors (Lipinski definition) is 2. The highest BCUT2D eigenvalue weighted by molar-refractivity contribution is 9.09. The maximum Gasteiger partial charge on any atom is 0.265 e. The molecule has 2 nitrogen and oxygen atoms in total. The Balaban J connectivity index is 2.01. The fourth-order valence-corrected chi connectivity index (χ4v) is 3.05. The van der Waals surface area contributed by atoms with E-state index in [-0.39, 0.29) is 5.91 Å². The molecule has 0 aliphatic carbocycles. The molecule has 4 heteroatoms. The van der Waals surface area contributed by atoms with Crippen molar-refractivity contribution in [2.75, 3.05) is 10.6 Å². The molecule has 0 saturated heterocycles. The zero-order valence-corrected chi connectivity index (χ0v) is 13.2. The SMILES string of the molecule is CCc1ccc(C(=O)Nc2ccc(CCBr)cc2)s1. The summed E-state index contributed by atoms with van der Waals surface area (Å²) in [5.74, 6) is -0.0297. The molecule has 1 heterocycles. The lowest BCUT2D eigenvalue weighted by Crippen LogP contribution is -2.09. The Morgan fingerprint density at radius 2 is 1.95 bits per heavy atom. The zero-order chi connectivity index (χ0) is 13.7. The largest absolute Gasteiger partial charge is 0.321 e. The van der Waals surface area contributed by atoms with Crippen LogP contribution in [0.1, 0.15) is 27.0 Å². The van der Waals surface area contributed by atoms with Crippen LogP contribution in [0.4, 0.5) is 5.69 Å². The van der Waals surface area contributed by atoms with Crippen molar-refractivity contribution in [3.63, 3.8) is 0 Å². The Kier molecular flexibility index (Phi) is 5.16. The topological polar surface area (TPSA) is 29.1 Å². The summed E-state index contributed by atoms with van der Waals surface area (Å²) in [7, 11) is 0. The van der Waals surface area contributed by atoms with Crippen LogP contribution in [0.2, 0.25) is 0 Å². The maximum atomic E-state index is 12.0. The minimum atomic E-state index is -0.0297. The second kappa shape index (κ2) is 6.87. The fraction of sp³-hybridized carbons (Fsp3) is 0.267. The molecular weight excluding hydrogens is 322 g/mol. The molecule has 2 rings (SSSR count). The smallest absolute Gasteiger partial charge is 0.265 e. The summed E-state index contributed by atoms with van der Waals surface area (Å²) in [5.41, 5.74) is 2.11. The molecule has 1 N–H and O–H groups in total. The maximum absolute atomic E-state index is 12.0. The molecule has 1 aromatic heterocycles. The Morgan fingerprint density at radius 1 is 1.21 bits per heavy atom. The van der Waals surface area contributed by atoms with E-state index in [9.17, 15) is 4.79 Å². The molecule has 2 aromatic rings. The van der Waals surface area contributed by atoms with Crippen molar-refractivity contribution in [1.82, 2.24) is 0 Å². The predicted octanol–water partition coefficient (Wildman–Crippen LogP) is 4.50. The lowest BCUT2D eigenvalue weighted by molar-refractivity contribution is 0.103. The predicted molar refractivity (Wildman–Crippen MR) is 85.6 cm³/mol. The van der Waals surface area contributed by atoms with Crippen molar-refractivity contribution in [3.8, 4) is 0 Å². The molecule has 0 bridgehead atoms. The number of anilines is 1. The Labute approximate surface area is 126 Å². The van der Waals surface area contributed by atoms with Gasteiger partial charge in [-0.25, -0.2) is 0 Å². The molecule has 1 amide bonds. The Morgan fingerprint density at radius 3 is 2.53 bits per heavy atom. The lowest BCUT2D eigenvalue weighted by atomic mass is 10.1. The molecular formula is C15H16BrNOS. The second-order valence-corrected chi connectivity index (χ2v) is 6.17. The monoisotopic (exact) mass is 337 g/mol. The number of carbonyl (C=O) groups excluding carboxylic acids is 1. The first-order valence-corrected chi connectivity index (χ1v) is 8.21. The van der Waals surface area contributed by atoms with Crippen LogP contribution in [0.3, 0.4) is 0 Å². The molecule has 100 valence electrons. The van der Waals surface area contributed by atoms with Crippen LogP contribution in [0, 0.1) is 0 Å². The summed E-state index contributed by atoms with van der Waals surface area (Å²) in [6.07, 6.45) is 1.97. The molecule has 0 aliphatic rings. The number of amides is 1. The van der Waals surface area contributed by atoms with Crippen LogP contribution in [0.15, 0.2) is 36.4 Å². The van der Waals surface area contributed by atoms with Gasteiger partial charge in [0.2, 0.25) is 0 Å². The minimum absolute atomic E-state index is 0.0297. The van der Waals surface area contributed by atoms with Gasteiger partial charge in [0.1, 0.15) is 0 Å². The summed E-state index contributed by atoms with van der Waals surface area (Å²) >= 11 is 4.97. The number of halogens is 1. The quantitative estimate of drug-likeness (QED) is 0.799. The van der Waals surface area contributed by atoms with Crippen LogP contribution in [0.25, 0.3) is 0 Å². The molecule has 0 aliphatic heterocycles. The van der Waals surface area contributed by atoms with E-state index in [0.717, 1.165) is 28.7 Å². The molecule has 0 fully saturated rings. The molecule has 0 spiro atoms. The normalized spacial score (nSPS) is 10.4. The van der Waals surface area contributed by atoms with E-state index in [0.29, 0.717) is 0 Å². The van der Waals surface area contributed by atoms with Crippen LogP contribution in [-0.2, 0) is 12.8 Å². The van der Waals surface area contributed by atoms with Gasteiger partial charge < -0.3 is 5.32 Å². The van der Waals surface area contributed by atoms with Gasteiger partial charge in [0.05, 0.1) is 4.88 Å². The van der Waals surface area contributed by atoms with Crippen molar-refractivity contribution in [2.24, 2.45) is 0 Å². The third-order valence-electron chi connectivity index (χ3n) is 2.83. The number of nitrogens with one attached hydrogen (secondary N) is 1. The number of benzene rings is 1. The average Bonchev–Trinajstić information content (AvgIpc) is 2.90. The first kappa shape index (κ1) is 14.3. The number of thiophene rings is 1. The van der Waals surface area contributed by atoms with Gasteiger partial charge in [-0.2, -0.15) is 0 Å². The molecule has 0 saturated carbocycles. The zero-order valence-electron chi connectivity index (χ0n) is 10.8. The minimum Gasteiger partial charge on any atom is -0.321 e. The number of alkyl halides is 1. The number of carbonyl (C=O) groups is 1.